The fourth-order valence-corrected chi connectivity index (χ4v) is 0.842. The number of carbonyl (C=O) groups excluding carboxylic acids is 1. The maximum Gasteiger partial charge on any atom is 0.162 e. The molecule has 0 fully saturated rings. The maximum absolute atomic E-state index is 10.3. The van der Waals surface area contributed by atoms with E-state index in [1.54, 1.807) is 24.7 Å². The molecule has 0 unspecified atom stereocenters. The minimum absolute atomic E-state index is 0.663. The normalized spacial score (nSPS) is 9.55. The average molecular weight is 152 g/mol. The van der Waals surface area contributed by atoms with Crippen molar-refractivity contribution in [2.45, 2.75) is 0 Å². The average Bonchev–Trinajstić information content (AvgIpc) is 2.06. The minimum Gasteiger partial charge on any atom is -0.298 e. The van der Waals surface area contributed by atoms with E-state index < -0.39 is 0 Å². The summed E-state index contributed by atoms with van der Waals surface area (Å²) < 4.78 is 0. The molecule has 0 saturated carbocycles. The molecule has 0 amide bonds. The van der Waals surface area contributed by atoms with Gasteiger partial charge in [0.15, 0.2) is 5.69 Å². The number of quaternary nitrogens is 1. The lowest BCUT2D eigenvalue weighted by atomic mass is 10.2. The first-order valence-electron chi connectivity index (χ1n) is 3.28. The maximum atomic E-state index is 10.3. The summed E-state index contributed by atoms with van der Waals surface area (Å²) in [5.74, 6) is 0. The molecule has 0 aromatic heterocycles. The van der Waals surface area contributed by atoms with Crippen LogP contribution in [0.1, 0.15) is 10.4 Å². The highest BCUT2D eigenvalue weighted by Crippen LogP contribution is 2.01. The van der Waals surface area contributed by atoms with Crippen LogP contribution in [-0.4, -0.2) is 13.4 Å². The molecular formula is C8H10NO2+. The summed E-state index contributed by atoms with van der Waals surface area (Å²) in [5.41, 5.74) is 3.15. The van der Waals surface area contributed by atoms with Crippen LogP contribution in [0.15, 0.2) is 24.3 Å². The highest BCUT2D eigenvalue weighted by atomic mass is 16.6. The number of hydrogen-bond donors (Lipinski definition) is 1. The van der Waals surface area contributed by atoms with Gasteiger partial charge < -0.3 is 0 Å². The molecule has 0 aliphatic carbocycles. The number of aldehydes is 1. The van der Waals surface area contributed by atoms with Gasteiger partial charge in [0.05, 0.1) is 7.11 Å². The summed E-state index contributed by atoms with van der Waals surface area (Å²) in [7, 11) is 1.58. The summed E-state index contributed by atoms with van der Waals surface area (Å²) >= 11 is 0. The lowest BCUT2D eigenvalue weighted by molar-refractivity contribution is -0.830. The monoisotopic (exact) mass is 152 g/mol. The van der Waals surface area contributed by atoms with E-state index in [2.05, 4.69) is 0 Å². The second-order valence-electron chi connectivity index (χ2n) is 2.14. The molecule has 0 bridgehead atoms. The lowest BCUT2D eigenvalue weighted by Gasteiger charge is -1.95. The molecule has 0 heterocycles. The molecular weight excluding hydrogens is 142 g/mol. The first kappa shape index (κ1) is 7.91. The van der Waals surface area contributed by atoms with Gasteiger partial charge in [-0.3, -0.25) is 4.79 Å². The standard InChI is InChI=1S/C8H9NO2/c1-11-9-8-4-2-3-7(5-8)6-10/h2-6,9H,1H3/p+1. The van der Waals surface area contributed by atoms with E-state index >= 15 is 0 Å². The summed E-state index contributed by atoms with van der Waals surface area (Å²) in [4.78, 5) is 15.1. The quantitative estimate of drug-likeness (QED) is 0.383. The number of carbonyl (C=O) groups is 1. The van der Waals surface area contributed by atoms with Gasteiger partial charge in [0.25, 0.3) is 0 Å². The molecule has 0 aliphatic heterocycles. The van der Waals surface area contributed by atoms with E-state index in [0.717, 1.165) is 12.0 Å². The van der Waals surface area contributed by atoms with Gasteiger partial charge >= 0.3 is 0 Å². The van der Waals surface area contributed by atoms with E-state index in [4.69, 9.17) is 4.84 Å². The Balaban J connectivity index is 2.82. The van der Waals surface area contributed by atoms with E-state index in [1.165, 1.54) is 0 Å². The zero-order valence-electron chi connectivity index (χ0n) is 6.28. The lowest BCUT2D eigenvalue weighted by Crippen LogP contribution is -2.75. The zero-order chi connectivity index (χ0) is 8.10. The predicted molar refractivity (Wildman–Crippen MR) is 40.4 cm³/mol. The first-order valence-corrected chi connectivity index (χ1v) is 3.28. The van der Waals surface area contributed by atoms with Gasteiger partial charge in [0.1, 0.15) is 6.29 Å². The third-order valence-electron chi connectivity index (χ3n) is 1.30. The summed E-state index contributed by atoms with van der Waals surface area (Å²) in [6.45, 7) is 0. The molecule has 1 aromatic rings. The van der Waals surface area contributed by atoms with Crippen LogP contribution in [-0.2, 0) is 4.84 Å². The Morgan fingerprint density at radius 3 is 3.00 bits per heavy atom. The van der Waals surface area contributed by atoms with Crippen molar-refractivity contribution in [3.63, 3.8) is 0 Å². The topological polar surface area (TPSA) is 42.9 Å². The van der Waals surface area contributed by atoms with Gasteiger partial charge in [-0.2, -0.15) is 5.48 Å². The molecule has 0 atom stereocenters. The third kappa shape index (κ3) is 2.14. The fraction of sp³-hybridized carbons (Fsp3) is 0.125. The van der Waals surface area contributed by atoms with Crippen LogP contribution in [0, 0.1) is 0 Å². The molecule has 0 aliphatic rings. The summed E-state index contributed by atoms with van der Waals surface area (Å²) in [6.07, 6.45) is 0.812. The van der Waals surface area contributed by atoms with Crippen LogP contribution in [0.4, 0.5) is 5.69 Å². The van der Waals surface area contributed by atoms with Gasteiger partial charge in [0, 0.05) is 17.7 Å². The molecule has 3 nitrogen and oxygen atoms in total. The second kappa shape index (κ2) is 3.85. The molecule has 11 heavy (non-hydrogen) atoms. The van der Waals surface area contributed by atoms with Crippen molar-refractivity contribution in [1.82, 2.24) is 0 Å². The van der Waals surface area contributed by atoms with Crippen molar-refractivity contribution in [1.29, 1.82) is 0 Å². The molecule has 3 heteroatoms. The Kier molecular flexibility index (Phi) is 2.77. The smallest absolute Gasteiger partial charge is 0.162 e. The number of rotatable bonds is 3. The van der Waals surface area contributed by atoms with Gasteiger partial charge in [-0.1, -0.05) is 12.1 Å². The molecule has 0 saturated heterocycles. The van der Waals surface area contributed by atoms with E-state index in [-0.39, 0.29) is 0 Å². The van der Waals surface area contributed by atoms with Crippen molar-refractivity contribution < 1.29 is 15.1 Å². The van der Waals surface area contributed by atoms with Crippen LogP contribution in [0.25, 0.3) is 0 Å². The van der Waals surface area contributed by atoms with E-state index in [1.807, 2.05) is 12.1 Å². The van der Waals surface area contributed by atoms with Crippen molar-refractivity contribution >= 4 is 12.0 Å². The predicted octanol–water partition coefficient (Wildman–Crippen LogP) is 0.255. The van der Waals surface area contributed by atoms with Crippen LogP contribution < -0.4 is 5.48 Å². The fourth-order valence-electron chi connectivity index (χ4n) is 0.842. The highest BCUT2D eigenvalue weighted by molar-refractivity contribution is 5.75. The first-order chi connectivity index (χ1) is 5.36. The van der Waals surface area contributed by atoms with Gasteiger partial charge in [-0.05, 0) is 0 Å². The number of nitrogens with two attached hydrogens (primary N) is 1. The minimum atomic E-state index is 0.663. The van der Waals surface area contributed by atoms with Crippen molar-refractivity contribution in [2.24, 2.45) is 0 Å². The number of hydrogen-bond acceptors (Lipinski definition) is 2. The van der Waals surface area contributed by atoms with Gasteiger partial charge in [-0.25, -0.2) is 4.84 Å². The van der Waals surface area contributed by atoms with Gasteiger partial charge in [0.2, 0.25) is 0 Å². The van der Waals surface area contributed by atoms with Crippen LogP contribution in [0.5, 0.6) is 0 Å². The molecule has 58 valence electrons. The van der Waals surface area contributed by atoms with E-state index in [9.17, 15) is 4.79 Å². The number of benzene rings is 1. The Morgan fingerprint density at radius 1 is 1.55 bits per heavy atom. The Morgan fingerprint density at radius 2 is 2.36 bits per heavy atom. The molecule has 0 radical (unpaired) electrons. The summed E-state index contributed by atoms with van der Waals surface area (Å²) in [6, 6.07) is 7.20. The summed E-state index contributed by atoms with van der Waals surface area (Å²) in [5, 5.41) is 0. The molecule has 1 aromatic carbocycles. The van der Waals surface area contributed by atoms with Crippen molar-refractivity contribution in [3.8, 4) is 0 Å². The molecule has 1 rings (SSSR count). The van der Waals surface area contributed by atoms with Crippen LogP contribution in [0.3, 0.4) is 0 Å². The molecule has 0 spiro atoms. The van der Waals surface area contributed by atoms with Crippen molar-refractivity contribution in [2.75, 3.05) is 7.11 Å². The Bertz CT molecular complexity index is 248. The van der Waals surface area contributed by atoms with E-state index in [0.29, 0.717) is 5.56 Å². The van der Waals surface area contributed by atoms with Crippen LogP contribution in [0.2, 0.25) is 0 Å². The molecule has 2 N–H and O–H groups in total. The van der Waals surface area contributed by atoms with Crippen molar-refractivity contribution in [3.05, 3.63) is 29.8 Å². The van der Waals surface area contributed by atoms with Crippen LogP contribution >= 0.6 is 0 Å². The van der Waals surface area contributed by atoms with Gasteiger partial charge in [-0.15, -0.1) is 0 Å². The SMILES string of the molecule is CO[NH2+]c1cccc(C=O)c1. The Hall–Kier alpha value is -1.19. The Labute approximate surface area is 64.9 Å². The zero-order valence-corrected chi connectivity index (χ0v) is 6.28. The third-order valence-corrected chi connectivity index (χ3v) is 1.30. The largest absolute Gasteiger partial charge is 0.298 e. The second-order valence-corrected chi connectivity index (χ2v) is 2.14. The highest BCUT2D eigenvalue weighted by Gasteiger charge is 1.96.